The summed E-state index contributed by atoms with van der Waals surface area (Å²) in [5.74, 6) is 0.437. The zero-order valence-electron chi connectivity index (χ0n) is 7.64. The minimum atomic E-state index is -0.783. The number of hydrogen-bond donors (Lipinski definition) is 2. The predicted molar refractivity (Wildman–Crippen MR) is 56.3 cm³/mol. The second-order valence-corrected chi connectivity index (χ2v) is 4.10. The Morgan fingerprint density at radius 2 is 1.87 bits per heavy atom. The second kappa shape index (κ2) is 4.09. The van der Waals surface area contributed by atoms with Crippen LogP contribution in [-0.2, 0) is 0 Å². The summed E-state index contributed by atoms with van der Waals surface area (Å²) in [5.41, 5.74) is 0. The summed E-state index contributed by atoms with van der Waals surface area (Å²) in [6, 6.07) is 0. The molecule has 0 aliphatic carbocycles. The van der Waals surface area contributed by atoms with Crippen molar-refractivity contribution in [1.29, 1.82) is 0 Å². The first kappa shape index (κ1) is 10.9. The van der Waals surface area contributed by atoms with Crippen molar-refractivity contribution in [1.82, 2.24) is 9.97 Å². The van der Waals surface area contributed by atoms with E-state index in [0.29, 0.717) is 10.8 Å². The van der Waals surface area contributed by atoms with Gasteiger partial charge in [-0.25, -0.2) is 4.98 Å². The van der Waals surface area contributed by atoms with E-state index in [0.717, 1.165) is 0 Å². The Labute approximate surface area is 96.3 Å². The topological polar surface area (TPSA) is 69.5 Å². The summed E-state index contributed by atoms with van der Waals surface area (Å²) in [4.78, 5) is 9.34. The summed E-state index contributed by atoms with van der Waals surface area (Å²) < 4.78 is 0. The fourth-order valence-electron chi connectivity index (χ4n) is 1.50. The van der Waals surface area contributed by atoms with Crippen LogP contribution in [0.15, 0.2) is 6.20 Å². The van der Waals surface area contributed by atoms with E-state index in [1.54, 1.807) is 4.90 Å². The molecule has 0 bridgehead atoms. The summed E-state index contributed by atoms with van der Waals surface area (Å²) in [6.45, 7) is 0.572. The Hall–Kier alpha value is -0.620. The van der Waals surface area contributed by atoms with Crippen LogP contribution in [0.4, 0.5) is 5.82 Å². The van der Waals surface area contributed by atoms with Crippen molar-refractivity contribution in [2.24, 2.45) is 0 Å². The van der Waals surface area contributed by atoms with Crippen LogP contribution in [-0.4, -0.2) is 45.5 Å². The van der Waals surface area contributed by atoms with Gasteiger partial charge in [0.15, 0.2) is 5.82 Å². The summed E-state index contributed by atoms with van der Waals surface area (Å²) >= 11 is 11.5. The molecule has 2 rings (SSSR count). The first-order chi connectivity index (χ1) is 7.08. The van der Waals surface area contributed by atoms with Crippen molar-refractivity contribution in [3.8, 4) is 0 Å². The molecule has 2 atom stereocenters. The van der Waals surface area contributed by atoms with Crippen LogP contribution in [0.25, 0.3) is 0 Å². The third kappa shape index (κ3) is 2.15. The number of nitrogens with zero attached hydrogens (tertiary/aromatic N) is 3. The SMILES string of the molecule is OC1CN(c2nc(Cl)ncc2Cl)CC1O. The molecule has 15 heavy (non-hydrogen) atoms. The maximum Gasteiger partial charge on any atom is 0.224 e. The third-order valence-corrected chi connectivity index (χ3v) is 2.70. The van der Waals surface area contributed by atoms with Crippen molar-refractivity contribution in [3.63, 3.8) is 0 Å². The monoisotopic (exact) mass is 249 g/mol. The molecule has 0 spiro atoms. The Bertz CT molecular complexity index is 367. The molecule has 1 aliphatic rings. The number of aromatic nitrogens is 2. The summed E-state index contributed by atoms with van der Waals surface area (Å²) in [6.07, 6.45) is -0.173. The van der Waals surface area contributed by atoms with E-state index in [1.807, 2.05) is 0 Å². The maximum atomic E-state index is 9.38. The fraction of sp³-hybridized carbons (Fsp3) is 0.500. The van der Waals surface area contributed by atoms with Crippen LogP contribution in [0.2, 0.25) is 10.3 Å². The number of hydrogen-bond acceptors (Lipinski definition) is 5. The van der Waals surface area contributed by atoms with Crippen LogP contribution < -0.4 is 4.90 Å². The van der Waals surface area contributed by atoms with E-state index in [4.69, 9.17) is 23.2 Å². The molecular formula is C8H9Cl2N3O2. The lowest BCUT2D eigenvalue weighted by molar-refractivity contribution is 0.0572. The van der Waals surface area contributed by atoms with E-state index in [2.05, 4.69) is 9.97 Å². The molecular weight excluding hydrogens is 241 g/mol. The first-order valence-corrected chi connectivity index (χ1v) is 5.12. The van der Waals surface area contributed by atoms with E-state index in [-0.39, 0.29) is 18.4 Å². The highest BCUT2D eigenvalue weighted by Gasteiger charge is 2.31. The molecule has 0 amide bonds. The molecule has 1 aliphatic heterocycles. The van der Waals surface area contributed by atoms with Crippen LogP contribution in [0, 0.1) is 0 Å². The molecule has 2 N–H and O–H groups in total. The normalized spacial score (nSPS) is 26.0. The van der Waals surface area contributed by atoms with Crippen molar-refractivity contribution in [2.45, 2.75) is 12.2 Å². The van der Waals surface area contributed by atoms with Gasteiger partial charge in [-0.1, -0.05) is 11.6 Å². The van der Waals surface area contributed by atoms with Crippen molar-refractivity contribution < 1.29 is 10.2 Å². The lowest BCUT2D eigenvalue weighted by Crippen LogP contribution is -2.22. The molecule has 82 valence electrons. The highest BCUT2D eigenvalue weighted by Crippen LogP contribution is 2.26. The van der Waals surface area contributed by atoms with Gasteiger partial charge in [-0.3, -0.25) is 0 Å². The van der Waals surface area contributed by atoms with Gasteiger partial charge in [0.2, 0.25) is 5.28 Å². The molecule has 1 fully saturated rings. The van der Waals surface area contributed by atoms with E-state index in [1.165, 1.54) is 6.20 Å². The van der Waals surface area contributed by atoms with Gasteiger partial charge in [0, 0.05) is 13.1 Å². The second-order valence-electron chi connectivity index (χ2n) is 3.35. The van der Waals surface area contributed by atoms with Crippen LogP contribution >= 0.6 is 23.2 Å². The molecule has 1 aromatic rings. The highest BCUT2D eigenvalue weighted by atomic mass is 35.5. The van der Waals surface area contributed by atoms with Crippen LogP contribution in [0.1, 0.15) is 0 Å². The van der Waals surface area contributed by atoms with Crippen molar-refractivity contribution in [2.75, 3.05) is 18.0 Å². The van der Waals surface area contributed by atoms with Crippen molar-refractivity contribution in [3.05, 3.63) is 16.5 Å². The molecule has 0 aromatic carbocycles. The molecule has 7 heteroatoms. The van der Waals surface area contributed by atoms with Gasteiger partial charge in [0.05, 0.1) is 18.4 Å². The van der Waals surface area contributed by atoms with Gasteiger partial charge >= 0.3 is 0 Å². The maximum absolute atomic E-state index is 9.38. The standard InChI is InChI=1S/C8H9Cl2N3O2/c9-4-1-11-8(10)12-7(4)13-2-5(14)6(15)3-13/h1,5-6,14-15H,2-3H2. The molecule has 0 radical (unpaired) electrons. The Balaban J connectivity index is 2.27. The Morgan fingerprint density at radius 1 is 1.27 bits per heavy atom. The number of halogens is 2. The first-order valence-electron chi connectivity index (χ1n) is 4.37. The third-order valence-electron chi connectivity index (χ3n) is 2.25. The quantitative estimate of drug-likeness (QED) is 0.703. The van der Waals surface area contributed by atoms with E-state index >= 15 is 0 Å². The summed E-state index contributed by atoms with van der Waals surface area (Å²) in [7, 11) is 0. The largest absolute Gasteiger partial charge is 0.389 e. The van der Waals surface area contributed by atoms with Gasteiger partial charge in [0.1, 0.15) is 5.02 Å². The highest BCUT2D eigenvalue weighted by molar-refractivity contribution is 6.33. The molecule has 5 nitrogen and oxygen atoms in total. The average Bonchev–Trinajstić information content (AvgIpc) is 2.51. The number of anilines is 1. The lowest BCUT2D eigenvalue weighted by atomic mass is 10.3. The Kier molecular flexibility index (Phi) is 2.97. The van der Waals surface area contributed by atoms with Gasteiger partial charge in [-0.05, 0) is 11.6 Å². The van der Waals surface area contributed by atoms with Gasteiger partial charge in [-0.2, -0.15) is 4.98 Å². The van der Waals surface area contributed by atoms with E-state index in [9.17, 15) is 10.2 Å². The van der Waals surface area contributed by atoms with Crippen LogP contribution in [0.3, 0.4) is 0 Å². The van der Waals surface area contributed by atoms with Gasteiger partial charge in [-0.15, -0.1) is 0 Å². The Morgan fingerprint density at radius 3 is 2.47 bits per heavy atom. The number of rotatable bonds is 1. The molecule has 2 unspecified atom stereocenters. The molecule has 1 aromatic heterocycles. The minimum Gasteiger partial charge on any atom is -0.389 e. The van der Waals surface area contributed by atoms with Crippen LogP contribution in [0.5, 0.6) is 0 Å². The van der Waals surface area contributed by atoms with Gasteiger partial charge < -0.3 is 15.1 Å². The zero-order valence-corrected chi connectivity index (χ0v) is 9.15. The zero-order chi connectivity index (χ0) is 11.0. The molecule has 1 saturated heterocycles. The lowest BCUT2D eigenvalue weighted by Gasteiger charge is -2.17. The number of aliphatic hydroxyl groups excluding tert-OH is 2. The number of aliphatic hydroxyl groups is 2. The average molecular weight is 250 g/mol. The molecule has 0 saturated carbocycles. The molecule has 2 heterocycles. The van der Waals surface area contributed by atoms with E-state index < -0.39 is 12.2 Å². The minimum absolute atomic E-state index is 0.0882. The predicted octanol–water partition coefficient (Wildman–Crippen LogP) is 0.325. The summed E-state index contributed by atoms with van der Waals surface area (Å²) in [5, 5.41) is 19.2. The fourth-order valence-corrected chi connectivity index (χ4v) is 1.84. The van der Waals surface area contributed by atoms with Gasteiger partial charge in [0.25, 0.3) is 0 Å². The van der Waals surface area contributed by atoms with Crippen molar-refractivity contribution >= 4 is 29.0 Å². The smallest absolute Gasteiger partial charge is 0.224 e. The number of β-amino-alcohol motifs (C(OH)–C–C–N with tert-alkyl or cyclic N) is 2.